The lowest BCUT2D eigenvalue weighted by atomic mass is 10.1. The number of para-hydroxylation sites is 2. The van der Waals surface area contributed by atoms with E-state index in [1.807, 2.05) is 69.8 Å². The summed E-state index contributed by atoms with van der Waals surface area (Å²) in [4.78, 5) is -0.347. The summed E-state index contributed by atoms with van der Waals surface area (Å²) in [6.07, 6.45) is 3.61. The normalized spacial score (nSPS) is 13.8. The number of sulfonamides is 2. The molecule has 6 aromatic rings. The molecular formula is C32H28F2N4O4S2. The first-order valence-electron chi connectivity index (χ1n) is 13.7. The van der Waals surface area contributed by atoms with Gasteiger partial charge in [-0.15, -0.1) is 0 Å². The fraction of sp³-hybridized carbons (Fsp3) is 0.125. The fourth-order valence-electron chi connectivity index (χ4n) is 5.28. The summed E-state index contributed by atoms with van der Waals surface area (Å²) in [5.41, 5.74) is 1.65. The van der Waals surface area contributed by atoms with E-state index in [0.717, 1.165) is 70.3 Å². The van der Waals surface area contributed by atoms with Gasteiger partial charge in [-0.05, 0) is 83.6 Å². The van der Waals surface area contributed by atoms with Crippen LogP contribution in [0.5, 0.6) is 0 Å². The van der Waals surface area contributed by atoms with Crippen molar-refractivity contribution in [3.8, 4) is 0 Å². The quantitative estimate of drug-likeness (QED) is 0.203. The second-order valence-electron chi connectivity index (χ2n) is 10.4. The maximum atomic E-state index is 13.7. The number of halogens is 2. The van der Waals surface area contributed by atoms with Crippen molar-refractivity contribution in [1.82, 2.24) is 18.6 Å². The second-order valence-corrected chi connectivity index (χ2v) is 13.8. The van der Waals surface area contributed by atoms with Crippen molar-refractivity contribution in [1.29, 1.82) is 0 Å². The average molecular weight is 635 g/mol. The molecule has 0 radical (unpaired) electrons. The molecule has 0 unspecified atom stereocenters. The van der Waals surface area contributed by atoms with Gasteiger partial charge >= 0.3 is 0 Å². The summed E-state index contributed by atoms with van der Waals surface area (Å²) >= 11 is 0. The Morgan fingerprint density at radius 3 is 1.27 bits per heavy atom. The highest BCUT2D eigenvalue weighted by Gasteiger charge is 2.32. The number of fused-ring (bicyclic) bond motifs is 2. The van der Waals surface area contributed by atoms with E-state index in [2.05, 4.69) is 9.44 Å². The molecule has 4 aromatic carbocycles. The summed E-state index contributed by atoms with van der Waals surface area (Å²) in [6, 6.07) is 25.6. The summed E-state index contributed by atoms with van der Waals surface area (Å²) in [7, 11) is -8.50. The molecule has 8 nitrogen and oxygen atoms in total. The van der Waals surface area contributed by atoms with Gasteiger partial charge in [-0.1, -0.05) is 36.4 Å². The number of nitrogens with zero attached hydrogens (tertiary/aromatic N) is 2. The van der Waals surface area contributed by atoms with Gasteiger partial charge in [0.1, 0.15) is 11.6 Å². The van der Waals surface area contributed by atoms with E-state index in [0.29, 0.717) is 0 Å². The number of benzene rings is 4. The molecule has 0 saturated carbocycles. The highest BCUT2D eigenvalue weighted by molar-refractivity contribution is 7.90. The second kappa shape index (κ2) is 12.0. The molecule has 2 N–H and O–H groups in total. The molecule has 226 valence electrons. The monoisotopic (exact) mass is 634 g/mol. The molecule has 0 spiro atoms. The van der Waals surface area contributed by atoms with Crippen molar-refractivity contribution in [2.75, 3.05) is 0 Å². The van der Waals surface area contributed by atoms with Crippen LogP contribution in [0.25, 0.3) is 21.8 Å². The van der Waals surface area contributed by atoms with Crippen molar-refractivity contribution in [3.63, 3.8) is 0 Å². The first-order chi connectivity index (χ1) is 21.1. The van der Waals surface area contributed by atoms with Crippen LogP contribution in [0, 0.1) is 11.6 Å². The van der Waals surface area contributed by atoms with Gasteiger partial charge in [0.15, 0.2) is 0 Å². The van der Waals surface area contributed by atoms with Crippen LogP contribution in [-0.2, 0) is 33.1 Å². The number of hydrogen-bond donors (Lipinski definition) is 2. The van der Waals surface area contributed by atoms with Crippen LogP contribution in [0.3, 0.4) is 0 Å². The molecule has 6 rings (SSSR count). The molecule has 2 heterocycles. The maximum Gasteiger partial charge on any atom is 0.240 e. The molecule has 0 fully saturated rings. The van der Waals surface area contributed by atoms with Gasteiger partial charge in [0.05, 0.1) is 21.9 Å². The van der Waals surface area contributed by atoms with Crippen molar-refractivity contribution < 1.29 is 25.6 Å². The Morgan fingerprint density at radius 1 is 0.523 bits per heavy atom. The molecule has 0 aliphatic carbocycles. The zero-order valence-electron chi connectivity index (χ0n) is 23.2. The molecule has 0 amide bonds. The lowest BCUT2D eigenvalue weighted by Gasteiger charge is -2.30. The molecule has 2 aromatic heterocycles. The van der Waals surface area contributed by atoms with Gasteiger partial charge < -0.3 is 9.13 Å². The summed E-state index contributed by atoms with van der Waals surface area (Å²) in [5, 5.41) is 1.85. The Balaban J connectivity index is 1.45. The molecule has 0 aliphatic rings. The van der Waals surface area contributed by atoms with E-state index in [1.54, 1.807) is 12.4 Å². The summed E-state index contributed by atoms with van der Waals surface area (Å²) in [6.45, 7) is 0.0908. The number of rotatable bonds is 11. The third-order valence-electron chi connectivity index (χ3n) is 7.49. The third kappa shape index (κ3) is 6.29. The molecule has 0 bridgehead atoms. The molecule has 44 heavy (non-hydrogen) atoms. The summed E-state index contributed by atoms with van der Waals surface area (Å²) < 4.78 is 91.1. The maximum absolute atomic E-state index is 13.7. The van der Waals surface area contributed by atoms with Gasteiger partial charge in [-0.3, -0.25) is 0 Å². The predicted octanol–water partition coefficient (Wildman–Crippen LogP) is 5.27. The standard InChI is InChI=1S/C32H28F2N4O4S2/c33-25-9-13-27(14-10-25)43(39,40)35-29(21-37-19-17-23-5-1-3-7-31(23)37)30(22-38-20-18-24-6-2-4-8-32(24)38)36-44(41,42)28-15-11-26(34)12-16-28/h1-20,29-30,35-36H,21-22H2/t29-,30-/m1/s1. The van der Waals surface area contributed by atoms with E-state index < -0.39 is 43.8 Å². The third-order valence-corrected chi connectivity index (χ3v) is 10.5. The molecule has 0 aliphatic heterocycles. The van der Waals surface area contributed by atoms with Crippen molar-refractivity contribution in [3.05, 3.63) is 133 Å². The number of hydrogen-bond acceptors (Lipinski definition) is 4. The van der Waals surface area contributed by atoms with Crippen molar-refractivity contribution in [2.45, 2.75) is 35.0 Å². The van der Waals surface area contributed by atoms with Crippen LogP contribution in [0.15, 0.2) is 131 Å². The van der Waals surface area contributed by atoms with Gasteiger partial charge in [-0.25, -0.2) is 35.1 Å². The lowest BCUT2D eigenvalue weighted by Crippen LogP contribution is -2.55. The van der Waals surface area contributed by atoms with E-state index >= 15 is 0 Å². The highest BCUT2D eigenvalue weighted by atomic mass is 32.2. The van der Waals surface area contributed by atoms with Crippen molar-refractivity contribution in [2.24, 2.45) is 0 Å². The van der Waals surface area contributed by atoms with E-state index in [1.165, 1.54) is 0 Å². The van der Waals surface area contributed by atoms with Crippen LogP contribution < -0.4 is 9.44 Å². The van der Waals surface area contributed by atoms with Crippen LogP contribution in [0.2, 0.25) is 0 Å². The molecular weight excluding hydrogens is 607 g/mol. The van der Waals surface area contributed by atoms with Crippen LogP contribution >= 0.6 is 0 Å². The Kier molecular flexibility index (Phi) is 8.08. The van der Waals surface area contributed by atoms with E-state index in [-0.39, 0.29) is 22.9 Å². The predicted molar refractivity (Wildman–Crippen MR) is 165 cm³/mol. The first-order valence-corrected chi connectivity index (χ1v) is 16.7. The zero-order chi connectivity index (χ0) is 30.9. The minimum Gasteiger partial charge on any atom is -0.346 e. The Bertz CT molecular complexity index is 1990. The minimum absolute atomic E-state index is 0.0454. The molecule has 2 atom stereocenters. The zero-order valence-corrected chi connectivity index (χ0v) is 24.8. The van der Waals surface area contributed by atoms with Gasteiger partial charge in [-0.2, -0.15) is 0 Å². The van der Waals surface area contributed by atoms with Crippen LogP contribution in [0.1, 0.15) is 0 Å². The largest absolute Gasteiger partial charge is 0.346 e. The Hall–Kier alpha value is -4.36. The summed E-state index contributed by atoms with van der Waals surface area (Å²) in [5.74, 6) is -1.19. The lowest BCUT2D eigenvalue weighted by molar-refractivity contribution is 0.374. The molecule has 0 saturated heterocycles. The van der Waals surface area contributed by atoms with Crippen molar-refractivity contribution >= 4 is 41.9 Å². The SMILES string of the molecule is O=S(=O)(N[C@H](Cn1ccc2ccccc21)[C@@H](Cn1ccc2ccccc21)NS(=O)(=O)c1ccc(F)cc1)c1ccc(F)cc1. The van der Waals surface area contributed by atoms with Crippen LogP contribution in [-0.4, -0.2) is 38.1 Å². The van der Waals surface area contributed by atoms with E-state index in [9.17, 15) is 25.6 Å². The molecule has 12 heteroatoms. The average Bonchev–Trinajstić information content (AvgIpc) is 3.61. The smallest absolute Gasteiger partial charge is 0.240 e. The van der Waals surface area contributed by atoms with Gasteiger partial charge in [0.2, 0.25) is 20.0 Å². The Morgan fingerprint density at radius 2 is 0.886 bits per heavy atom. The van der Waals surface area contributed by atoms with Crippen LogP contribution in [0.4, 0.5) is 8.78 Å². The van der Waals surface area contributed by atoms with Gasteiger partial charge in [0.25, 0.3) is 0 Å². The highest BCUT2D eigenvalue weighted by Crippen LogP contribution is 2.22. The van der Waals surface area contributed by atoms with E-state index in [4.69, 9.17) is 0 Å². The van der Waals surface area contributed by atoms with Gasteiger partial charge in [0, 0.05) is 36.5 Å². The topological polar surface area (TPSA) is 102 Å². The first kappa shape index (κ1) is 29.7. The Labute approximate surface area is 253 Å². The number of nitrogens with one attached hydrogen (secondary N) is 2. The minimum atomic E-state index is -4.25. The number of aromatic nitrogens is 2. The fourth-order valence-corrected chi connectivity index (χ4v) is 7.81.